The summed E-state index contributed by atoms with van der Waals surface area (Å²) in [7, 11) is 3.30. The van der Waals surface area contributed by atoms with Gasteiger partial charge < -0.3 is 24.2 Å². The van der Waals surface area contributed by atoms with Gasteiger partial charge in [-0.05, 0) is 12.1 Å². The highest BCUT2D eigenvalue weighted by Crippen LogP contribution is 2.21. The van der Waals surface area contributed by atoms with Crippen LogP contribution in [-0.4, -0.2) is 90.4 Å². The van der Waals surface area contributed by atoms with Crippen LogP contribution in [-0.2, 0) is 11.8 Å². The van der Waals surface area contributed by atoms with Gasteiger partial charge in [-0.2, -0.15) is 0 Å². The van der Waals surface area contributed by atoms with Crippen LogP contribution >= 0.6 is 0 Å². The monoisotopic (exact) mass is 387 g/mol. The van der Waals surface area contributed by atoms with E-state index in [0.717, 1.165) is 37.9 Å². The van der Waals surface area contributed by atoms with E-state index in [0.29, 0.717) is 37.6 Å². The Morgan fingerprint density at radius 1 is 1.00 bits per heavy atom. The number of nitrogens with zero attached hydrogens (tertiary/aromatic N) is 7. The Labute approximate surface area is 163 Å². The molecule has 0 unspecified atom stereocenters. The highest BCUT2D eigenvalue weighted by molar-refractivity contribution is 5.96. The topological polar surface area (TPSA) is 88.9 Å². The molecule has 4 rings (SSSR count). The number of carbonyl (C=O) groups excluding carboxylic acids is 1. The molecule has 0 saturated carbocycles. The molecule has 10 nitrogen and oxygen atoms in total. The Balaban J connectivity index is 1.36. The maximum absolute atomic E-state index is 12.8. The number of aromatic nitrogens is 4. The highest BCUT2D eigenvalue weighted by Gasteiger charge is 2.26. The number of aryl methyl sites for hydroxylation is 1. The van der Waals surface area contributed by atoms with Gasteiger partial charge in [-0.25, -0.2) is 0 Å². The van der Waals surface area contributed by atoms with Crippen molar-refractivity contribution in [1.29, 1.82) is 0 Å². The predicted octanol–water partition coefficient (Wildman–Crippen LogP) is 0.0177. The molecule has 2 aromatic rings. The first-order chi connectivity index (χ1) is 13.7. The van der Waals surface area contributed by atoms with Crippen LogP contribution in [0.3, 0.4) is 0 Å². The molecule has 0 aliphatic carbocycles. The molecule has 2 fully saturated rings. The number of piperazine rings is 1. The number of ether oxygens (including phenoxy) is 2. The number of methoxy groups -OCH3 is 1. The van der Waals surface area contributed by atoms with Crippen LogP contribution in [0.4, 0.5) is 11.6 Å². The first kappa shape index (κ1) is 18.5. The highest BCUT2D eigenvalue weighted by atomic mass is 16.5. The summed E-state index contributed by atoms with van der Waals surface area (Å²) >= 11 is 0. The lowest BCUT2D eigenvalue weighted by molar-refractivity contribution is 0.0743. The van der Waals surface area contributed by atoms with Crippen molar-refractivity contribution >= 4 is 17.5 Å². The van der Waals surface area contributed by atoms with Crippen molar-refractivity contribution in [3.05, 3.63) is 23.9 Å². The van der Waals surface area contributed by atoms with Crippen LogP contribution in [0.25, 0.3) is 0 Å². The fourth-order valence-corrected chi connectivity index (χ4v) is 3.52. The minimum Gasteiger partial charge on any atom is -0.479 e. The molecule has 2 saturated heterocycles. The molecule has 0 radical (unpaired) electrons. The van der Waals surface area contributed by atoms with Gasteiger partial charge in [0.2, 0.25) is 5.88 Å². The molecule has 2 aliphatic heterocycles. The lowest BCUT2D eigenvalue weighted by Gasteiger charge is -2.35. The molecule has 4 heterocycles. The predicted molar refractivity (Wildman–Crippen MR) is 103 cm³/mol. The van der Waals surface area contributed by atoms with Gasteiger partial charge in [-0.3, -0.25) is 9.48 Å². The Morgan fingerprint density at radius 3 is 2.18 bits per heavy atom. The van der Waals surface area contributed by atoms with E-state index >= 15 is 0 Å². The van der Waals surface area contributed by atoms with Crippen LogP contribution in [0.15, 0.2) is 18.3 Å². The van der Waals surface area contributed by atoms with Crippen LogP contribution in [0, 0.1) is 0 Å². The molecule has 150 valence electrons. The quantitative estimate of drug-likeness (QED) is 0.725. The van der Waals surface area contributed by atoms with Crippen molar-refractivity contribution < 1.29 is 14.3 Å². The summed E-state index contributed by atoms with van der Waals surface area (Å²) in [5, 5.41) is 12.9. The summed E-state index contributed by atoms with van der Waals surface area (Å²) < 4.78 is 12.2. The zero-order chi connectivity index (χ0) is 19.5. The minimum absolute atomic E-state index is 0.0571. The normalized spacial score (nSPS) is 17.7. The van der Waals surface area contributed by atoms with E-state index in [4.69, 9.17) is 9.47 Å². The smallest absolute Gasteiger partial charge is 0.261 e. The number of anilines is 2. The summed E-state index contributed by atoms with van der Waals surface area (Å²) in [4.78, 5) is 18.9. The lowest BCUT2D eigenvalue weighted by atomic mass is 10.2. The third-order valence-electron chi connectivity index (χ3n) is 5.08. The second-order valence-electron chi connectivity index (χ2n) is 6.85. The first-order valence-corrected chi connectivity index (χ1v) is 9.44. The van der Waals surface area contributed by atoms with Gasteiger partial charge in [0.15, 0.2) is 11.6 Å². The van der Waals surface area contributed by atoms with E-state index < -0.39 is 0 Å². The second kappa shape index (κ2) is 8.01. The molecule has 0 atom stereocenters. The SMILES string of the molecule is COc1nn(C)cc1C(=O)N1CCN(c2ccc(N3CCOCC3)nn2)CC1. The minimum atomic E-state index is -0.0571. The Kier molecular flexibility index (Phi) is 5.29. The third kappa shape index (κ3) is 3.72. The van der Waals surface area contributed by atoms with Gasteiger partial charge in [0.1, 0.15) is 5.56 Å². The molecule has 2 aliphatic rings. The van der Waals surface area contributed by atoms with Crippen LogP contribution in [0.1, 0.15) is 10.4 Å². The lowest BCUT2D eigenvalue weighted by Crippen LogP contribution is -2.49. The maximum Gasteiger partial charge on any atom is 0.261 e. The van der Waals surface area contributed by atoms with E-state index in [1.54, 1.807) is 17.9 Å². The zero-order valence-electron chi connectivity index (χ0n) is 16.2. The Morgan fingerprint density at radius 2 is 1.61 bits per heavy atom. The molecule has 10 heteroatoms. The maximum atomic E-state index is 12.8. The molecule has 0 N–H and O–H groups in total. The average Bonchev–Trinajstić information content (AvgIpc) is 3.15. The number of hydrogen-bond acceptors (Lipinski definition) is 8. The van der Waals surface area contributed by atoms with Crippen molar-refractivity contribution in [1.82, 2.24) is 24.9 Å². The van der Waals surface area contributed by atoms with Crippen LogP contribution < -0.4 is 14.5 Å². The van der Waals surface area contributed by atoms with Gasteiger partial charge >= 0.3 is 0 Å². The summed E-state index contributed by atoms with van der Waals surface area (Å²) in [5.41, 5.74) is 0.494. The summed E-state index contributed by atoms with van der Waals surface area (Å²) in [6, 6.07) is 4.01. The summed E-state index contributed by atoms with van der Waals surface area (Å²) in [6.45, 7) is 5.77. The van der Waals surface area contributed by atoms with Crippen molar-refractivity contribution in [2.75, 3.05) is 69.4 Å². The van der Waals surface area contributed by atoms with Gasteiger partial charge in [0.05, 0.1) is 20.3 Å². The van der Waals surface area contributed by atoms with Gasteiger partial charge in [-0.1, -0.05) is 0 Å². The number of rotatable bonds is 4. The van der Waals surface area contributed by atoms with E-state index in [2.05, 4.69) is 25.1 Å². The molecule has 0 spiro atoms. The molecule has 0 bridgehead atoms. The van der Waals surface area contributed by atoms with Crippen molar-refractivity contribution in [3.63, 3.8) is 0 Å². The summed E-state index contributed by atoms with van der Waals surface area (Å²) in [5.74, 6) is 2.02. The third-order valence-corrected chi connectivity index (χ3v) is 5.08. The molecular weight excluding hydrogens is 362 g/mol. The number of morpholine rings is 1. The van der Waals surface area contributed by atoms with E-state index in [1.165, 1.54) is 7.11 Å². The van der Waals surface area contributed by atoms with Gasteiger partial charge in [0, 0.05) is 52.5 Å². The molecule has 1 amide bonds. The van der Waals surface area contributed by atoms with Crippen molar-refractivity contribution in [2.24, 2.45) is 7.05 Å². The molecule has 0 aromatic carbocycles. The van der Waals surface area contributed by atoms with Gasteiger partial charge in [-0.15, -0.1) is 15.3 Å². The molecular formula is C18H25N7O3. The summed E-state index contributed by atoms with van der Waals surface area (Å²) in [6.07, 6.45) is 1.70. The Hall–Kier alpha value is -2.88. The number of carbonyl (C=O) groups is 1. The largest absolute Gasteiger partial charge is 0.479 e. The fraction of sp³-hybridized carbons (Fsp3) is 0.556. The van der Waals surface area contributed by atoms with Crippen LogP contribution in [0.5, 0.6) is 5.88 Å². The zero-order valence-corrected chi connectivity index (χ0v) is 16.2. The van der Waals surface area contributed by atoms with E-state index in [1.807, 2.05) is 17.0 Å². The number of hydrogen-bond donors (Lipinski definition) is 0. The first-order valence-electron chi connectivity index (χ1n) is 9.44. The Bertz CT molecular complexity index is 809. The molecule has 28 heavy (non-hydrogen) atoms. The number of amides is 1. The van der Waals surface area contributed by atoms with Crippen LogP contribution in [0.2, 0.25) is 0 Å². The fourth-order valence-electron chi connectivity index (χ4n) is 3.52. The average molecular weight is 387 g/mol. The van der Waals surface area contributed by atoms with Crippen molar-refractivity contribution in [3.8, 4) is 5.88 Å². The van der Waals surface area contributed by atoms with Gasteiger partial charge in [0.25, 0.3) is 5.91 Å². The van der Waals surface area contributed by atoms with E-state index in [9.17, 15) is 4.79 Å². The molecule has 2 aromatic heterocycles. The van der Waals surface area contributed by atoms with Crippen molar-refractivity contribution in [2.45, 2.75) is 0 Å². The standard InChI is InChI=1S/C18H25N7O3/c1-22-13-14(17(21-22)27-2)18(26)25-7-5-23(6-8-25)15-3-4-16(20-19-15)24-9-11-28-12-10-24/h3-4,13H,5-12H2,1-2H3. The second-order valence-corrected chi connectivity index (χ2v) is 6.85. The van der Waals surface area contributed by atoms with E-state index in [-0.39, 0.29) is 5.91 Å².